The number of ether oxygens (including phenoxy) is 3. The first-order valence-electron chi connectivity index (χ1n) is 11.9. The molecule has 1 aliphatic rings. The molecule has 2 heterocycles. The second-order valence-corrected chi connectivity index (χ2v) is 8.62. The minimum Gasteiger partial charge on any atom is -0.481 e. The van der Waals surface area contributed by atoms with E-state index in [1.54, 1.807) is 18.3 Å². The van der Waals surface area contributed by atoms with E-state index in [2.05, 4.69) is 10.3 Å². The Hall–Kier alpha value is -4.40. The summed E-state index contributed by atoms with van der Waals surface area (Å²) < 4.78 is 15.8. The first-order valence-corrected chi connectivity index (χ1v) is 11.9. The summed E-state index contributed by atoms with van der Waals surface area (Å²) in [4.78, 5) is 44.9. The number of fused-ring (bicyclic) bond motifs is 1. The van der Waals surface area contributed by atoms with Gasteiger partial charge in [0.25, 0.3) is 0 Å². The Morgan fingerprint density at radius 3 is 2.46 bits per heavy atom. The van der Waals surface area contributed by atoms with Gasteiger partial charge in [0, 0.05) is 24.6 Å². The number of esters is 1. The molecule has 192 valence electrons. The van der Waals surface area contributed by atoms with E-state index < -0.39 is 30.1 Å². The highest BCUT2D eigenvalue weighted by Crippen LogP contribution is 2.25. The molecule has 0 saturated carbocycles. The van der Waals surface area contributed by atoms with Crippen LogP contribution in [0.3, 0.4) is 0 Å². The van der Waals surface area contributed by atoms with E-state index >= 15 is 0 Å². The molecule has 2 aromatic carbocycles. The largest absolute Gasteiger partial charge is 0.481 e. The summed E-state index contributed by atoms with van der Waals surface area (Å²) in [5, 5.41) is 2.78. The molecule has 3 aromatic rings. The van der Waals surface area contributed by atoms with Gasteiger partial charge in [-0.1, -0.05) is 60.7 Å². The third-order valence-electron chi connectivity index (χ3n) is 6.26. The molecule has 0 aliphatic carbocycles. The van der Waals surface area contributed by atoms with Gasteiger partial charge < -0.3 is 19.5 Å². The first-order chi connectivity index (χ1) is 18.0. The van der Waals surface area contributed by atoms with Gasteiger partial charge in [0.15, 0.2) is 0 Å². The zero-order chi connectivity index (χ0) is 26.2. The topological polar surface area (TPSA) is 107 Å². The Morgan fingerprint density at radius 1 is 1.00 bits per heavy atom. The fraction of sp³-hybridized carbons (Fsp3) is 0.286. The quantitative estimate of drug-likeness (QED) is 0.471. The summed E-state index contributed by atoms with van der Waals surface area (Å²) in [5.41, 5.74) is 3.37. The average Bonchev–Trinajstić information content (AvgIpc) is 2.95. The molecule has 2 atom stereocenters. The minimum atomic E-state index is -1.00. The van der Waals surface area contributed by atoms with Crippen molar-refractivity contribution in [2.45, 2.75) is 38.1 Å². The van der Waals surface area contributed by atoms with Crippen LogP contribution in [0.1, 0.15) is 22.3 Å². The highest BCUT2D eigenvalue weighted by Gasteiger charge is 2.37. The number of hydrogen-bond acceptors (Lipinski definition) is 7. The monoisotopic (exact) mass is 503 g/mol. The van der Waals surface area contributed by atoms with Gasteiger partial charge in [-0.05, 0) is 22.8 Å². The van der Waals surface area contributed by atoms with E-state index in [1.165, 1.54) is 19.1 Å². The van der Waals surface area contributed by atoms with Crippen molar-refractivity contribution in [2.75, 3.05) is 14.2 Å². The number of benzene rings is 2. The lowest BCUT2D eigenvalue weighted by Gasteiger charge is -2.35. The number of hydrogen-bond donors (Lipinski definition) is 1. The standard InChI is InChI=1S/C28H29N3O6/c1-35-26-21(13-8-14-29-26)15-23(27(33)36-2)30-25(32)24-16-20-11-6-7-12-22(20)17-31(24)28(34)37-18-19-9-4-3-5-10-19/h3-14,23-24H,15-18H2,1-2H3,(H,30,32)/t23-,24+/m1/s1. The summed E-state index contributed by atoms with van der Waals surface area (Å²) in [6, 6.07) is 18.6. The first kappa shape index (κ1) is 25.7. The number of carbonyl (C=O) groups excluding carboxylic acids is 3. The molecule has 37 heavy (non-hydrogen) atoms. The van der Waals surface area contributed by atoms with Crippen molar-refractivity contribution in [3.63, 3.8) is 0 Å². The molecule has 0 bridgehead atoms. The van der Waals surface area contributed by atoms with Crippen LogP contribution in [-0.2, 0) is 45.1 Å². The lowest BCUT2D eigenvalue weighted by atomic mass is 9.93. The summed E-state index contributed by atoms with van der Waals surface area (Å²) >= 11 is 0. The van der Waals surface area contributed by atoms with E-state index in [1.807, 2.05) is 54.6 Å². The normalized spacial score (nSPS) is 15.2. The van der Waals surface area contributed by atoms with Crippen molar-refractivity contribution in [1.29, 1.82) is 0 Å². The van der Waals surface area contributed by atoms with Crippen molar-refractivity contribution in [3.05, 3.63) is 95.2 Å². The zero-order valence-electron chi connectivity index (χ0n) is 20.8. The Labute approximate surface area is 215 Å². The molecule has 1 N–H and O–H groups in total. The minimum absolute atomic E-state index is 0.0811. The SMILES string of the molecule is COC(=O)[C@@H](Cc1cccnc1OC)NC(=O)[C@@H]1Cc2ccccc2CN1C(=O)OCc1ccccc1. The van der Waals surface area contributed by atoms with Crippen LogP contribution in [0.15, 0.2) is 72.9 Å². The van der Waals surface area contributed by atoms with Gasteiger partial charge in [-0.3, -0.25) is 9.69 Å². The van der Waals surface area contributed by atoms with Crippen LogP contribution < -0.4 is 10.1 Å². The van der Waals surface area contributed by atoms with Crippen LogP contribution in [0.2, 0.25) is 0 Å². The number of amides is 2. The number of pyridine rings is 1. The third-order valence-corrected chi connectivity index (χ3v) is 6.26. The maximum absolute atomic E-state index is 13.6. The van der Waals surface area contributed by atoms with Gasteiger partial charge in [0.05, 0.1) is 20.8 Å². The van der Waals surface area contributed by atoms with E-state index in [0.29, 0.717) is 11.4 Å². The second-order valence-electron chi connectivity index (χ2n) is 8.62. The lowest BCUT2D eigenvalue weighted by Crippen LogP contribution is -2.56. The van der Waals surface area contributed by atoms with Crippen molar-refractivity contribution < 1.29 is 28.6 Å². The Morgan fingerprint density at radius 2 is 1.73 bits per heavy atom. The van der Waals surface area contributed by atoms with E-state index in [4.69, 9.17) is 14.2 Å². The summed E-state index contributed by atoms with van der Waals surface area (Å²) in [7, 11) is 2.74. The molecule has 1 aromatic heterocycles. The van der Waals surface area contributed by atoms with Crippen LogP contribution >= 0.6 is 0 Å². The van der Waals surface area contributed by atoms with Crippen LogP contribution in [-0.4, -0.2) is 54.2 Å². The van der Waals surface area contributed by atoms with Crippen LogP contribution in [0.25, 0.3) is 0 Å². The molecule has 4 rings (SSSR count). The molecule has 2 amide bonds. The van der Waals surface area contributed by atoms with Crippen LogP contribution in [0.5, 0.6) is 5.88 Å². The molecule has 9 nitrogen and oxygen atoms in total. The highest BCUT2D eigenvalue weighted by molar-refractivity contribution is 5.90. The van der Waals surface area contributed by atoms with Gasteiger partial charge in [0.1, 0.15) is 18.7 Å². The number of aromatic nitrogens is 1. The van der Waals surface area contributed by atoms with Crippen molar-refractivity contribution in [2.24, 2.45) is 0 Å². The molecule has 9 heteroatoms. The molecule has 0 radical (unpaired) electrons. The summed E-state index contributed by atoms with van der Waals surface area (Å²) in [6.07, 6.45) is 1.36. The van der Waals surface area contributed by atoms with Crippen LogP contribution in [0.4, 0.5) is 4.79 Å². The molecule has 0 fully saturated rings. The molecule has 0 saturated heterocycles. The molecular formula is C28H29N3O6. The van der Waals surface area contributed by atoms with Crippen LogP contribution in [0, 0.1) is 0 Å². The van der Waals surface area contributed by atoms with Gasteiger partial charge >= 0.3 is 12.1 Å². The zero-order valence-corrected chi connectivity index (χ0v) is 20.8. The van der Waals surface area contributed by atoms with Crippen molar-refractivity contribution in [1.82, 2.24) is 15.2 Å². The smallest absolute Gasteiger partial charge is 0.411 e. The number of nitrogens with zero attached hydrogens (tertiary/aromatic N) is 2. The van der Waals surface area contributed by atoms with Crippen molar-refractivity contribution in [3.8, 4) is 5.88 Å². The third kappa shape index (κ3) is 6.24. The molecule has 1 aliphatic heterocycles. The van der Waals surface area contributed by atoms with E-state index in [-0.39, 0.29) is 26.0 Å². The number of rotatable bonds is 8. The van der Waals surface area contributed by atoms with E-state index in [0.717, 1.165) is 16.7 Å². The second kappa shape index (κ2) is 12.0. The Kier molecular flexibility index (Phi) is 8.35. The maximum atomic E-state index is 13.6. The Bertz CT molecular complexity index is 1250. The fourth-order valence-electron chi connectivity index (χ4n) is 4.34. The predicted octanol–water partition coefficient (Wildman–Crippen LogP) is 3.05. The van der Waals surface area contributed by atoms with E-state index in [9.17, 15) is 14.4 Å². The predicted molar refractivity (Wildman–Crippen MR) is 135 cm³/mol. The van der Waals surface area contributed by atoms with Gasteiger partial charge in [0.2, 0.25) is 11.8 Å². The number of nitrogens with one attached hydrogen (secondary N) is 1. The molecular weight excluding hydrogens is 474 g/mol. The summed E-state index contributed by atoms with van der Waals surface area (Å²) in [6.45, 7) is 0.291. The van der Waals surface area contributed by atoms with Crippen molar-refractivity contribution >= 4 is 18.0 Å². The Balaban J connectivity index is 1.54. The highest BCUT2D eigenvalue weighted by atomic mass is 16.6. The van der Waals surface area contributed by atoms with Gasteiger partial charge in [-0.25, -0.2) is 14.6 Å². The number of methoxy groups -OCH3 is 2. The lowest BCUT2D eigenvalue weighted by molar-refractivity contribution is -0.145. The maximum Gasteiger partial charge on any atom is 0.411 e. The average molecular weight is 504 g/mol. The van der Waals surface area contributed by atoms with Gasteiger partial charge in [-0.2, -0.15) is 0 Å². The molecule has 0 unspecified atom stereocenters. The molecule has 0 spiro atoms. The number of carbonyl (C=O) groups is 3. The summed E-state index contributed by atoms with van der Waals surface area (Å²) in [5.74, 6) is -0.749. The van der Waals surface area contributed by atoms with Gasteiger partial charge in [-0.15, -0.1) is 0 Å². The fourth-order valence-corrected chi connectivity index (χ4v) is 4.34.